The van der Waals surface area contributed by atoms with Gasteiger partial charge in [0.15, 0.2) is 0 Å². The minimum absolute atomic E-state index is 0.211. The topological polar surface area (TPSA) is 29.1 Å². The van der Waals surface area contributed by atoms with E-state index < -0.39 is 0 Å². The zero-order chi connectivity index (χ0) is 19.7. The predicted molar refractivity (Wildman–Crippen MR) is 119 cm³/mol. The monoisotopic (exact) mass is 389 g/mol. The van der Waals surface area contributed by atoms with Crippen LogP contribution in [0.3, 0.4) is 0 Å². The van der Waals surface area contributed by atoms with Crippen LogP contribution < -0.4 is 5.32 Å². The molecule has 0 heterocycles. The summed E-state index contributed by atoms with van der Waals surface area (Å²) in [5.41, 5.74) is 0.211. The second kappa shape index (κ2) is 11.6. The van der Waals surface area contributed by atoms with Crippen molar-refractivity contribution in [2.75, 3.05) is 0 Å². The lowest BCUT2D eigenvalue weighted by Crippen LogP contribution is -2.59. The Hall–Kier alpha value is -0.530. The Bertz CT molecular complexity index is 422. The van der Waals surface area contributed by atoms with Gasteiger partial charge in [-0.1, -0.05) is 84.0 Å². The summed E-state index contributed by atoms with van der Waals surface area (Å²) in [6, 6.07) is 0. The number of nitrogens with one attached hydrogen (secondary N) is 1. The number of rotatable bonds is 15. The van der Waals surface area contributed by atoms with Crippen molar-refractivity contribution in [2.24, 2.45) is 17.8 Å². The van der Waals surface area contributed by atoms with E-state index in [0.29, 0.717) is 5.91 Å². The van der Waals surface area contributed by atoms with Crippen molar-refractivity contribution in [3.05, 3.63) is 0 Å². The van der Waals surface area contributed by atoms with Gasteiger partial charge in [-0.3, -0.25) is 4.79 Å². The molecular weight excluding hydrogens is 342 g/mol. The maximum absolute atomic E-state index is 12.5. The Kier molecular flexibility index (Phi) is 9.18. The molecule has 0 aromatic carbocycles. The van der Waals surface area contributed by atoms with Crippen LogP contribution in [0.15, 0.2) is 0 Å². The molecule has 4 rings (SSSR count). The van der Waals surface area contributed by atoms with Crippen molar-refractivity contribution < 1.29 is 4.79 Å². The van der Waals surface area contributed by atoms with Crippen LogP contribution in [0.25, 0.3) is 0 Å². The third-order valence-electron chi connectivity index (χ3n) is 7.95. The first kappa shape index (κ1) is 22.2. The number of carbonyl (C=O) groups excluding carboxylic acids is 1. The van der Waals surface area contributed by atoms with Gasteiger partial charge in [0.1, 0.15) is 0 Å². The summed E-state index contributed by atoms with van der Waals surface area (Å²) >= 11 is 0. The van der Waals surface area contributed by atoms with Gasteiger partial charge in [-0.15, -0.1) is 0 Å². The van der Waals surface area contributed by atoms with Crippen molar-refractivity contribution >= 4 is 5.91 Å². The Morgan fingerprint density at radius 1 is 0.679 bits per heavy atom. The zero-order valence-electron chi connectivity index (χ0n) is 18.8. The zero-order valence-corrected chi connectivity index (χ0v) is 18.8. The van der Waals surface area contributed by atoms with Crippen LogP contribution in [0.5, 0.6) is 0 Å². The Balaban J connectivity index is 1.14. The maximum atomic E-state index is 12.5. The van der Waals surface area contributed by atoms with E-state index in [1.165, 1.54) is 116 Å². The number of hydrogen-bond acceptors (Lipinski definition) is 1. The van der Waals surface area contributed by atoms with Gasteiger partial charge in [0, 0.05) is 12.0 Å². The highest BCUT2D eigenvalue weighted by Crippen LogP contribution is 2.55. The minimum Gasteiger partial charge on any atom is -0.351 e. The highest BCUT2D eigenvalue weighted by Gasteiger charge is 2.51. The maximum Gasteiger partial charge on any atom is 0.220 e. The van der Waals surface area contributed by atoms with Crippen LogP contribution in [-0.4, -0.2) is 11.4 Å². The lowest BCUT2D eigenvalue weighted by atomic mass is 9.53. The summed E-state index contributed by atoms with van der Waals surface area (Å²) < 4.78 is 0. The number of hydrogen-bond donors (Lipinski definition) is 1. The summed E-state index contributed by atoms with van der Waals surface area (Å²) in [4.78, 5) is 12.5. The standard InChI is InChI=1S/C26H47NO/c1-2-3-4-5-6-7-8-9-10-11-12-13-14-15-25(28)27-26-19-22-16-23(20-26)18-24(17-22)21-26/h22-24H,2-21H2,1H3,(H,27,28). The van der Waals surface area contributed by atoms with Gasteiger partial charge in [-0.2, -0.15) is 0 Å². The number of amides is 1. The molecule has 4 aliphatic carbocycles. The van der Waals surface area contributed by atoms with Crippen molar-refractivity contribution in [1.82, 2.24) is 5.32 Å². The van der Waals surface area contributed by atoms with E-state index in [2.05, 4.69) is 12.2 Å². The largest absolute Gasteiger partial charge is 0.351 e. The molecule has 0 unspecified atom stereocenters. The molecule has 4 saturated carbocycles. The van der Waals surface area contributed by atoms with Crippen molar-refractivity contribution in [1.29, 1.82) is 0 Å². The molecule has 1 N–H and O–H groups in total. The molecule has 0 aromatic rings. The van der Waals surface area contributed by atoms with Gasteiger partial charge < -0.3 is 5.32 Å². The van der Waals surface area contributed by atoms with Crippen LogP contribution >= 0.6 is 0 Å². The van der Waals surface area contributed by atoms with E-state index in [0.717, 1.165) is 30.6 Å². The van der Waals surface area contributed by atoms with E-state index in [9.17, 15) is 4.79 Å². The smallest absolute Gasteiger partial charge is 0.220 e. The first-order valence-electron chi connectivity index (χ1n) is 13.0. The Morgan fingerprint density at radius 3 is 1.50 bits per heavy atom. The molecule has 0 aromatic heterocycles. The van der Waals surface area contributed by atoms with Crippen molar-refractivity contribution in [3.63, 3.8) is 0 Å². The Labute approximate surface area is 175 Å². The summed E-state index contributed by atoms with van der Waals surface area (Å²) in [5, 5.41) is 3.53. The van der Waals surface area contributed by atoms with E-state index in [1.54, 1.807) is 0 Å². The highest BCUT2D eigenvalue weighted by atomic mass is 16.1. The summed E-state index contributed by atoms with van der Waals surface area (Å²) in [5.74, 6) is 3.11. The van der Waals surface area contributed by atoms with Crippen molar-refractivity contribution in [2.45, 2.75) is 141 Å². The van der Waals surface area contributed by atoms with Crippen LogP contribution in [-0.2, 0) is 4.79 Å². The minimum atomic E-state index is 0.211. The van der Waals surface area contributed by atoms with Crippen molar-refractivity contribution in [3.8, 4) is 0 Å². The van der Waals surface area contributed by atoms with Crippen LogP contribution in [0.4, 0.5) is 0 Å². The van der Waals surface area contributed by atoms with Crippen LogP contribution in [0.2, 0.25) is 0 Å². The fourth-order valence-corrected chi connectivity index (χ4v) is 6.93. The van der Waals surface area contributed by atoms with Gasteiger partial charge in [0.2, 0.25) is 5.91 Å². The molecule has 1 amide bonds. The Morgan fingerprint density at radius 2 is 1.07 bits per heavy atom. The molecule has 0 aliphatic heterocycles. The van der Waals surface area contributed by atoms with E-state index in [4.69, 9.17) is 0 Å². The van der Waals surface area contributed by atoms with Gasteiger partial charge in [0.25, 0.3) is 0 Å². The van der Waals surface area contributed by atoms with E-state index in [-0.39, 0.29) is 5.54 Å². The molecule has 4 aliphatic rings. The van der Waals surface area contributed by atoms with E-state index >= 15 is 0 Å². The molecular formula is C26H47NO. The molecule has 2 nitrogen and oxygen atoms in total. The molecule has 0 radical (unpaired) electrons. The summed E-state index contributed by atoms with van der Waals surface area (Å²) in [6.45, 7) is 2.29. The number of unbranched alkanes of at least 4 members (excludes halogenated alkanes) is 12. The lowest BCUT2D eigenvalue weighted by molar-refractivity contribution is -0.127. The second-order valence-electron chi connectivity index (χ2n) is 10.7. The second-order valence-corrected chi connectivity index (χ2v) is 10.7. The average molecular weight is 390 g/mol. The first-order chi connectivity index (χ1) is 13.7. The fraction of sp³-hybridized carbons (Fsp3) is 0.962. The molecule has 28 heavy (non-hydrogen) atoms. The lowest BCUT2D eigenvalue weighted by Gasteiger charge is -2.56. The SMILES string of the molecule is CCCCCCCCCCCCCCCC(=O)NC12CC3CC(CC(C3)C1)C2. The predicted octanol–water partition coefficient (Wildman–Crippen LogP) is 7.55. The third-order valence-corrected chi connectivity index (χ3v) is 7.95. The summed E-state index contributed by atoms with van der Waals surface area (Å²) in [6.07, 6.45) is 26.8. The van der Waals surface area contributed by atoms with Gasteiger partial charge in [-0.25, -0.2) is 0 Å². The fourth-order valence-electron chi connectivity index (χ4n) is 6.93. The molecule has 4 fully saturated rings. The van der Waals surface area contributed by atoms with E-state index in [1.807, 2.05) is 0 Å². The normalized spacial score (nSPS) is 30.7. The van der Waals surface area contributed by atoms with Gasteiger partial charge in [-0.05, 0) is 62.7 Å². The quantitative estimate of drug-likeness (QED) is 0.288. The molecule has 2 heteroatoms. The first-order valence-corrected chi connectivity index (χ1v) is 13.0. The molecule has 0 spiro atoms. The molecule has 162 valence electrons. The third kappa shape index (κ3) is 7.06. The highest BCUT2D eigenvalue weighted by molar-refractivity contribution is 5.76. The average Bonchev–Trinajstić information content (AvgIpc) is 2.64. The summed E-state index contributed by atoms with van der Waals surface area (Å²) in [7, 11) is 0. The molecule has 0 saturated heterocycles. The van der Waals surface area contributed by atoms with Gasteiger partial charge in [0.05, 0.1) is 0 Å². The number of carbonyl (C=O) groups is 1. The van der Waals surface area contributed by atoms with Crippen LogP contribution in [0.1, 0.15) is 135 Å². The van der Waals surface area contributed by atoms with Crippen LogP contribution in [0, 0.1) is 17.8 Å². The molecule has 4 bridgehead atoms. The molecule has 0 atom stereocenters. The van der Waals surface area contributed by atoms with Gasteiger partial charge >= 0.3 is 0 Å².